The van der Waals surface area contributed by atoms with Crippen LogP contribution in [0, 0.1) is 0 Å². The van der Waals surface area contributed by atoms with Crippen molar-refractivity contribution < 1.29 is 0 Å². The third-order valence-electron chi connectivity index (χ3n) is 3.04. The van der Waals surface area contributed by atoms with Gasteiger partial charge in [0.2, 0.25) is 0 Å². The summed E-state index contributed by atoms with van der Waals surface area (Å²) in [5.41, 5.74) is 0. The number of aliphatic imine (C=N–C) groups is 1. The lowest BCUT2D eigenvalue weighted by Crippen LogP contribution is -2.39. The first-order valence-electron chi connectivity index (χ1n) is 6.98. The van der Waals surface area contributed by atoms with Crippen LogP contribution in [-0.2, 0) is 6.54 Å². The molecule has 5 nitrogen and oxygen atoms in total. The molecule has 114 valence electrons. The van der Waals surface area contributed by atoms with Crippen molar-refractivity contribution in [1.29, 1.82) is 0 Å². The van der Waals surface area contributed by atoms with E-state index in [1.54, 1.807) is 6.20 Å². The molecule has 2 heterocycles. The van der Waals surface area contributed by atoms with Crippen molar-refractivity contribution >= 4 is 41.7 Å². The Kier molecular flexibility index (Phi) is 9.08. The predicted octanol–water partition coefficient (Wildman–Crippen LogP) is 1.95. The monoisotopic (exact) mass is 409 g/mol. The maximum absolute atomic E-state index is 4.66. The predicted molar refractivity (Wildman–Crippen MR) is 97.1 cm³/mol. The van der Waals surface area contributed by atoms with Gasteiger partial charge in [-0.15, -0.1) is 24.0 Å². The fourth-order valence-electron chi connectivity index (χ4n) is 2.05. The summed E-state index contributed by atoms with van der Waals surface area (Å²) in [7, 11) is 0. The van der Waals surface area contributed by atoms with Crippen LogP contribution in [0.25, 0.3) is 0 Å². The van der Waals surface area contributed by atoms with Gasteiger partial charge in [0.1, 0.15) is 0 Å². The van der Waals surface area contributed by atoms with Gasteiger partial charge in [0.25, 0.3) is 0 Å². The van der Waals surface area contributed by atoms with Crippen LogP contribution in [-0.4, -0.2) is 46.1 Å². The Morgan fingerprint density at radius 1 is 1.50 bits per heavy atom. The Labute approximate surface area is 142 Å². The number of imidazole rings is 1. The molecule has 0 aliphatic carbocycles. The van der Waals surface area contributed by atoms with E-state index in [1.165, 1.54) is 18.6 Å². The summed E-state index contributed by atoms with van der Waals surface area (Å²) in [5, 5.41) is 7.37. The average molecular weight is 409 g/mol. The number of thioether (sulfide) groups is 1. The summed E-state index contributed by atoms with van der Waals surface area (Å²) in [6.07, 6.45) is 8.26. The third-order valence-corrected chi connectivity index (χ3v) is 4.42. The van der Waals surface area contributed by atoms with Crippen LogP contribution in [0.15, 0.2) is 23.7 Å². The second-order valence-electron chi connectivity index (χ2n) is 4.58. The van der Waals surface area contributed by atoms with Crippen LogP contribution >= 0.6 is 35.7 Å². The number of hydrogen-bond acceptors (Lipinski definition) is 3. The van der Waals surface area contributed by atoms with E-state index in [-0.39, 0.29) is 24.0 Å². The summed E-state index contributed by atoms with van der Waals surface area (Å²) in [4.78, 5) is 8.69. The van der Waals surface area contributed by atoms with Gasteiger partial charge < -0.3 is 15.2 Å². The number of guanidine groups is 1. The quantitative estimate of drug-likeness (QED) is 0.429. The van der Waals surface area contributed by atoms with Crippen LogP contribution in [0.5, 0.6) is 0 Å². The van der Waals surface area contributed by atoms with Crippen molar-refractivity contribution in [2.24, 2.45) is 4.99 Å². The SMILES string of the molecule is CCNC(=NCC1CCCS1)NCCn1ccnc1.I. The largest absolute Gasteiger partial charge is 0.357 e. The van der Waals surface area contributed by atoms with Crippen LogP contribution < -0.4 is 10.6 Å². The Balaban J connectivity index is 0.00000200. The van der Waals surface area contributed by atoms with Gasteiger partial charge in [0.15, 0.2) is 5.96 Å². The number of nitrogens with one attached hydrogen (secondary N) is 2. The van der Waals surface area contributed by atoms with Crippen LogP contribution in [0.1, 0.15) is 19.8 Å². The van der Waals surface area contributed by atoms with E-state index >= 15 is 0 Å². The summed E-state index contributed by atoms with van der Waals surface area (Å²) in [6, 6.07) is 0. The highest BCUT2D eigenvalue weighted by Gasteiger charge is 2.14. The maximum atomic E-state index is 4.66. The van der Waals surface area contributed by atoms with Crippen LogP contribution in [0.2, 0.25) is 0 Å². The Bertz CT molecular complexity index is 376. The molecular weight excluding hydrogens is 385 g/mol. The molecule has 20 heavy (non-hydrogen) atoms. The molecule has 7 heteroatoms. The van der Waals surface area contributed by atoms with E-state index in [0.29, 0.717) is 5.25 Å². The van der Waals surface area contributed by atoms with E-state index < -0.39 is 0 Å². The number of halogens is 1. The normalized spacial score (nSPS) is 18.6. The summed E-state index contributed by atoms with van der Waals surface area (Å²) in [6.45, 7) is 5.68. The topological polar surface area (TPSA) is 54.2 Å². The summed E-state index contributed by atoms with van der Waals surface area (Å²) in [5.74, 6) is 2.22. The molecule has 1 saturated heterocycles. The highest BCUT2D eigenvalue weighted by Crippen LogP contribution is 2.25. The second-order valence-corrected chi connectivity index (χ2v) is 5.99. The molecule has 0 spiro atoms. The van der Waals surface area contributed by atoms with Gasteiger partial charge in [0, 0.05) is 37.3 Å². The van der Waals surface area contributed by atoms with Crippen molar-refractivity contribution in [3.8, 4) is 0 Å². The number of hydrogen-bond donors (Lipinski definition) is 2. The molecule has 1 aliphatic heterocycles. The van der Waals surface area contributed by atoms with Crippen molar-refractivity contribution in [3.05, 3.63) is 18.7 Å². The lowest BCUT2D eigenvalue weighted by molar-refractivity contribution is 0.660. The lowest BCUT2D eigenvalue weighted by atomic mass is 10.2. The lowest BCUT2D eigenvalue weighted by Gasteiger charge is -2.12. The van der Waals surface area contributed by atoms with Gasteiger partial charge in [-0.05, 0) is 25.5 Å². The number of nitrogens with zero attached hydrogens (tertiary/aromatic N) is 3. The van der Waals surface area contributed by atoms with Gasteiger partial charge in [0.05, 0.1) is 12.9 Å². The van der Waals surface area contributed by atoms with Crippen molar-refractivity contribution in [2.75, 3.05) is 25.4 Å². The molecule has 1 fully saturated rings. The average Bonchev–Trinajstić information content (AvgIpc) is 3.09. The van der Waals surface area contributed by atoms with E-state index in [9.17, 15) is 0 Å². The highest BCUT2D eigenvalue weighted by molar-refractivity contribution is 14.0. The zero-order valence-corrected chi connectivity index (χ0v) is 15.1. The van der Waals surface area contributed by atoms with Gasteiger partial charge in [-0.3, -0.25) is 4.99 Å². The molecule has 0 radical (unpaired) electrons. The van der Waals surface area contributed by atoms with Gasteiger partial charge in [-0.25, -0.2) is 4.98 Å². The van der Waals surface area contributed by atoms with E-state index in [2.05, 4.69) is 32.1 Å². The molecule has 0 saturated carbocycles. The molecule has 2 rings (SSSR count). The van der Waals surface area contributed by atoms with Crippen LogP contribution in [0.3, 0.4) is 0 Å². The fourth-order valence-corrected chi connectivity index (χ4v) is 3.23. The minimum absolute atomic E-state index is 0. The molecule has 1 aromatic rings. The Hall–Kier alpha value is -0.440. The molecule has 1 unspecified atom stereocenters. The standard InChI is InChI=1S/C13H23N5S.HI/c1-2-15-13(17-10-12-4-3-9-19-12)16-6-8-18-7-5-14-11-18;/h5,7,11-12H,2-4,6,8-10H2,1H3,(H2,15,16,17);1H. The van der Waals surface area contributed by atoms with E-state index in [0.717, 1.165) is 32.1 Å². The molecule has 1 aromatic heterocycles. The summed E-state index contributed by atoms with van der Waals surface area (Å²) < 4.78 is 2.06. The fraction of sp³-hybridized carbons (Fsp3) is 0.692. The van der Waals surface area contributed by atoms with Crippen molar-refractivity contribution in [1.82, 2.24) is 20.2 Å². The molecule has 0 aromatic carbocycles. The van der Waals surface area contributed by atoms with Crippen molar-refractivity contribution in [3.63, 3.8) is 0 Å². The van der Waals surface area contributed by atoms with Crippen LogP contribution in [0.4, 0.5) is 0 Å². The Morgan fingerprint density at radius 2 is 2.40 bits per heavy atom. The van der Waals surface area contributed by atoms with E-state index in [1.807, 2.05) is 24.3 Å². The number of aromatic nitrogens is 2. The zero-order chi connectivity index (χ0) is 13.3. The van der Waals surface area contributed by atoms with Crippen molar-refractivity contribution in [2.45, 2.75) is 31.6 Å². The molecule has 1 atom stereocenters. The molecule has 1 aliphatic rings. The number of rotatable bonds is 6. The van der Waals surface area contributed by atoms with Gasteiger partial charge >= 0.3 is 0 Å². The summed E-state index contributed by atoms with van der Waals surface area (Å²) >= 11 is 2.05. The molecule has 0 bridgehead atoms. The van der Waals surface area contributed by atoms with E-state index in [4.69, 9.17) is 0 Å². The Morgan fingerprint density at radius 3 is 3.05 bits per heavy atom. The first-order chi connectivity index (χ1) is 9.38. The molecule has 0 amide bonds. The molecular formula is C13H24IN5S. The molecule has 2 N–H and O–H groups in total. The minimum Gasteiger partial charge on any atom is -0.357 e. The van der Waals surface area contributed by atoms with Gasteiger partial charge in [-0.1, -0.05) is 0 Å². The third kappa shape index (κ3) is 6.34. The second kappa shape index (κ2) is 10.3. The first-order valence-corrected chi connectivity index (χ1v) is 8.03. The smallest absolute Gasteiger partial charge is 0.191 e. The zero-order valence-electron chi connectivity index (χ0n) is 11.9. The van der Waals surface area contributed by atoms with Gasteiger partial charge in [-0.2, -0.15) is 11.8 Å². The highest BCUT2D eigenvalue weighted by atomic mass is 127. The first kappa shape index (κ1) is 17.6. The minimum atomic E-state index is 0. The maximum Gasteiger partial charge on any atom is 0.191 e.